The average Bonchev–Trinajstić information content (AvgIpc) is 3.45. The van der Waals surface area contributed by atoms with E-state index in [1.54, 1.807) is 7.11 Å². The number of hydrogen-bond acceptors (Lipinski definition) is 3. The molecule has 2 aliphatic rings. The lowest BCUT2D eigenvalue weighted by atomic mass is 9.93. The molecule has 150 valence electrons. The molecule has 1 aliphatic carbocycles. The van der Waals surface area contributed by atoms with Crippen LogP contribution in [0.1, 0.15) is 24.0 Å². The Morgan fingerprint density at radius 3 is 2.55 bits per heavy atom. The van der Waals surface area contributed by atoms with E-state index in [4.69, 9.17) is 4.74 Å². The predicted molar refractivity (Wildman–Crippen MR) is 116 cm³/mol. The monoisotopic (exact) mass is 389 g/mol. The minimum Gasteiger partial charge on any atom is -0.497 e. The van der Waals surface area contributed by atoms with Crippen LogP contribution < -0.4 is 9.64 Å². The van der Waals surface area contributed by atoms with Crippen LogP contribution in [0.2, 0.25) is 0 Å². The van der Waals surface area contributed by atoms with Crippen LogP contribution in [0, 0.1) is 6.92 Å². The number of amides is 1. The minimum atomic E-state index is -0.365. The molecule has 5 rings (SSSR count). The van der Waals surface area contributed by atoms with Crippen molar-refractivity contribution >= 4 is 22.5 Å². The summed E-state index contributed by atoms with van der Waals surface area (Å²) in [5.74, 6) is 1.11. The molecule has 1 aromatic heterocycles. The summed E-state index contributed by atoms with van der Waals surface area (Å²) in [7, 11) is 1.68. The quantitative estimate of drug-likeness (QED) is 0.737. The van der Waals surface area contributed by atoms with E-state index in [0.29, 0.717) is 0 Å². The number of fused-ring (bicyclic) bond motifs is 1. The van der Waals surface area contributed by atoms with Crippen LogP contribution >= 0.6 is 0 Å². The van der Waals surface area contributed by atoms with Crippen LogP contribution in [-0.4, -0.2) is 49.1 Å². The fourth-order valence-corrected chi connectivity index (χ4v) is 4.64. The number of carbonyl (C=O) groups excluding carboxylic acids is 1. The smallest absolute Gasteiger partial charge is 0.233 e. The number of anilines is 1. The van der Waals surface area contributed by atoms with Crippen LogP contribution in [0.5, 0.6) is 5.75 Å². The summed E-state index contributed by atoms with van der Waals surface area (Å²) in [6, 6.07) is 14.6. The Balaban J connectivity index is 1.35. The van der Waals surface area contributed by atoms with Gasteiger partial charge in [-0.2, -0.15) is 0 Å². The van der Waals surface area contributed by atoms with E-state index in [-0.39, 0.29) is 11.3 Å². The minimum absolute atomic E-state index is 0.283. The fraction of sp³-hybridized carbons (Fsp3) is 0.375. The van der Waals surface area contributed by atoms with Gasteiger partial charge >= 0.3 is 0 Å². The molecular weight excluding hydrogens is 362 g/mol. The molecule has 0 spiro atoms. The van der Waals surface area contributed by atoms with Gasteiger partial charge in [-0.05, 0) is 61.2 Å². The van der Waals surface area contributed by atoms with Gasteiger partial charge in [-0.25, -0.2) is 0 Å². The SMILES string of the molecule is COc1ccc2[nH]cc(C3(C(=O)N4CCN(c5cccc(C)c5)CC4)CC3)c2c1. The van der Waals surface area contributed by atoms with E-state index < -0.39 is 0 Å². The normalized spacial score (nSPS) is 18.1. The molecule has 3 aromatic rings. The molecule has 1 saturated heterocycles. The van der Waals surface area contributed by atoms with Crippen LogP contribution in [0.4, 0.5) is 5.69 Å². The Hall–Kier alpha value is -2.95. The number of piperazine rings is 1. The van der Waals surface area contributed by atoms with Crippen molar-refractivity contribution in [3.8, 4) is 5.75 Å². The van der Waals surface area contributed by atoms with Gasteiger partial charge in [0.15, 0.2) is 0 Å². The van der Waals surface area contributed by atoms with Crippen LogP contribution in [0.25, 0.3) is 10.9 Å². The number of hydrogen-bond donors (Lipinski definition) is 1. The highest BCUT2D eigenvalue weighted by Crippen LogP contribution is 2.52. The number of nitrogens with one attached hydrogen (secondary N) is 1. The third-order valence-corrected chi connectivity index (χ3v) is 6.50. The largest absolute Gasteiger partial charge is 0.497 e. The maximum atomic E-state index is 13.5. The van der Waals surface area contributed by atoms with Crippen molar-refractivity contribution in [1.82, 2.24) is 9.88 Å². The molecule has 1 N–H and O–H groups in total. The summed E-state index contributed by atoms with van der Waals surface area (Å²) in [5.41, 5.74) is 4.34. The number of methoxy groups -OCH3 is 1. The van der Waals surface area contributed by atoms with Gasteiger partial charge in [0, 0.05) is 49.0 Å². The van der Waals surface area contributed by atoms with E-state index in [9.17, 15) is 4.79 Å². The number of carbonyl (C=O) groups is 1. The maximum Gasteiger partial charge on any atom is 0.233 e. The number of aromatic amines is 1. The van der Waals surface area contributed by atoms with Crippen molar-refractivity contribution in [2.75, 3.05) is 38.2 Å². The summed E-state index contributed by atoms with van der Waals surface area (Å²) < 4.78 is 5.40. The van der Waals surface area contributed by atoms with E-state index in [1.165, 1.54) is 11.3 Å². The number of ether oxygens (including phenoxy) is 1. The Morgan fingerprint density at radius 2 is 1.86 bits per heavy atom. The van der Waals surface area contributed by atoms with Crippen molar-refractivity contribution in [3.63, 3.8) is 0 Å². The van der Waals surface area contributed by atoms with Gasteiger partial charge in [0.1, 0.15) is 5.75 Å². The molecule has 2 aromatic carbocycles. The van der Waals surface area contributed by atoms with Crippen molar-refractivity contribution in [3.05, 3.63) is 59.8 Å². The van der Waals surface area contributed by atoms with E-state index in [2.05, 4.69) is 46.0 Å². The zero-order valence-electron chi connectivity index (χ0n) is 17.1. The molecule has 2 heterocycles. The van der Waals surface area contributed by atoms with Gasteiger partial charge in [0.05, 0.1) is 12.5 Å². The first kappa shape index (κ1) is 18.1. The third kappa shape index (κ3) is 3.05. The number of H-pyrrole nitrogens is 1. The van der Waals surface area contributed by atoms with Crippen molar-refractivity contribution in [2.24, 2.45) is 0 Å². The molecule has 0 unspecified atom stereocenters. The Kier molecular flexibility index (Phi) is 4.26. The second-order valence-electron chi connectivity index (χ2n) is 8.31. The van der Waals surface area contributed by atoms with E-state index in [1.807, 2.05) is 24.4 Å². The highest BCUT2D eigenvalue weighted by atomic mass is 16.5. The number of nitrogens with zero attached hydrogens (tertiary/aromatic N) is 2. The molecule has 5 nitrogen and oxygen atoms in total. The third-order valence-electron chi connectivity index (χ3n) is 6.50. The van der Waals surface area contributed by atoms with Crippen LogP contribution in [0.15, 0.2) is 48.7 Å². The number of aryl methyl sites for hydroxylation is 1. The molecule has 0 atom stereocenters. The second kappa shape index (κ2) is 6.83. The molecular formula is C24H27N3O2. The lowest BCUT2D eigenvalue weighted by Crippen LogP contribution is -2.51. The first-order valence-electron chi connectivity index (χ1n) is 10.4. The van der Waals surface area contributed by atoms with Gasteiger partial charge in [-0.3, -0.25) is 4.79 Å². The molecule has 2 fully saturated rings. The van der Waals surface area contributed by atoms with Gasteiger partial charge < -0.3 is 19.5 Å². The summed E-state index contributed by atoms with van der Waals surface area (Å²) in [6.45, 7) is 5.44. The molecule has 0 radical (unpaired) electrons. The van der Waals surface area contributed by atoms with Gasteiger partial charge in [-0.1, -0.05) is 12.1 Å². The topological polar surface area (TPSA) is 48.6 Å². The summed E-state index contributed by atoms with van der Waals surface area (Å²) in [6.07, 6.45) is 3.88. The maximum absolute atomic E-state index is 13.5. The average molecular weight is 389 g/mol. The van der Waals surface area contributed by atoms with E-state index >= 15 is 0 Å². The number of benzene rings is 2. The van der Waals surface area contributed by atoms with Crippen molar-refractivity contribution < 1.29 is 9.53 Å². The van der Waals surface area contributed by atoms with Crippen LogP contribution in [0.3, 0.4) is 0 Å². The van der Waals surface area contributed by atoms with Gasteiger partial charge in [-0.15, -0.1) is 0 Å². The highest BCUT2D eigenvalue weighted by molar-refractivity contribution is 5.98. The molecule has 5 heteroatoms. The fourth-order valence-electron chi connectivity index (χ4n) is 4.64. The first-order chi connectivity index (χ1) is 14.1. The molecule has 1 saturated carbocycles. The Labute approximate surface area is 171 Å². The van der Waals surface area contributed by atoms with Crippen molar-refractivity contribution in [2.45, 2.75) is 25.2 Å². The number of aromatic nitrogens is 1. The van der Waals surface area contributed by atoms with Gasteiger partial charge in [0.25, 0.3) is 0 Å². The lowest BCUT2D eigenvalue weighted by molar-refractivity contribution is -0.134. The van der Waals surface area contributed by atoms with Gasteiger partial charge in [0.2, 0.25) is 5.91 Å². The first-order valence-corrected chi connectivity index (χ1v) is 10.4. The Morgan fingerprint density at radius 1 is 1.07 bits per heavy atom. The second-order valence-corrected chi connectivity index (χ2v) is 8.31. The van der Waals surface area contributed by atoms with E-state index in [0.717, 1.165) is 61.2 Å². The predicted octanol–water partition coefficient (Wildman–Crippen LogP) is 3.87. The zero-order valence-corrected chi connectivity index (χ0v) is 17.1. The molecule has 29 heavy (non-hydrogen) atoms. The summed E-state index contributed by atoms with van der Waals surface area (Å²) in [4.78, 5) is 21.3. The highest BCUT2D eigenvalue weighted by Gasteiger charge is 2.54. The standard InChI is InChI=1S/C24H27N3O2/c1-17-4-3-5-18(14-17)26-10-12-27(13-11-26)23(28)24(8-9-24)21-16-25-22-7-6-19(29-2)15-20(21)22/h3-7,14-16,25H,8-13H2,1-2H3. The Bertz CT molecular complexity index is 1060. The van der Waals surface area contributed by atoms with Crippen LogP contribution in [-0.2, 0) is 10.2 Å². The zero-order chi connectivity index (χ0) is 20.0. The summed E-state index contributed by atoms with van der Waals surface area (Å²) >= 11 is 0. The molecule has 0 bridgehead atoms. The lowest BCUT2D eigenvalue weighted by Gasteiger charge is -2.38. The van der Waals surface area contributed by atoms with Crippen molar-refractivity contribution in [1.29, 1.82) is 0 Å². The molecule has 1 aliphatic heterocycles. The summed E-state index contributed by atoms with van der Waals surface area (Å²) in [5, 5.41) is 1.11. The number of rotatable bonds is 4. The molecule has 1 amide bonds.